The summed E-state index contributed by atoms with van der Waals surface area (Å²) in [6.45, 7) is 0. The number of hydrogen-bond acceptors (Lipinski definition) is 6. The molecule has 1 aromatic heterocycles. The summed E-state index contributed by atoms with van der Waals surface area (Å²) in [7, 11) is 1.61. The first-order chi connectivity index (χ1) is 13.0. The van der Waals surface area contributed by atoms with Crippen molar-refractivity contribution in [2.75, 3.05) is 12.4 Å². The molecule has 0 spiro atoms. The standard InChI is InChI=1S/C19H17N3O4S/c1-26-14-8-6-12(7-9-14)10-17-21-22-19(27-17)20-16(23)11-13-4-2-3-5-15(13)18(24)25/h2-9H,10-11H2,1H3,(H,24,25)(H,20,22,23). The van der Waals surface area contributed by atoms with E-state index >= 15 is 0 Å². The Morgan fingerprint density at radius 3 is 2.56 bits per heavy atom. The summed E-state index contributed by atoms with van der Waals surface area (Å²) in [5, 5.41) is 21.1. The van der Waals surface area contributed by atoms with Crippen molar-refractivity contribution in [3.05, 3.63) is 70.2 Å². The Hall–Kier alpha value is -3.26. The van der Waals surface area contributed by atoms with Gasteiger partial charge in [-0.05, 0) is 29.3 Å². The molecule has 1 amide bonds. The van der Waals surface area contributed by atoms with Crippen LogP contribution < -0.4 is 10.1 Å². The number of methoxy groups -OCH3 is 1. The molecule has 0 atom stereocenters. The van der Waals surface area contributed by atoms with Crippen LogP contribution in [-0.2, 0) is 17.6 Å². The second-order valence-corrected chi connectivity index (χ2v) is 6.78. The van der Waals surface area contributed by atoms with E-state index in [4.69, 9.17) is 4.74 Å². The van der Waals surface area contributed by atoms with Gasteiger partial charge in [-0.15, -0.1) is 10.2 Å². The van der Waals surface area contributed by atoms with Gasteiger partial charge in [0.25, 0.3) is 0 Å². The molecule has 3 rings (SSSR count). The summed E-state index contributed by atoms with van der Waals surface area (Å²) in [5.74, 6) is -0.613. The molecular weight excluding hydrogens is 366 g/mol. The van der Waals surface area contributed by atoms with Gasteiger partial charge in [0.15, 0.2) is 0 Å². The van der Waals surface area contributed by atoms with Gasteiger partial charge in [0.05, 0.1) is 19.1 Å². The molecule has 1 heterocycles. The summed E-state index contributed by atoms with van der Waals surface area (Å²) in [6, 6.07) is 14.1. The first kappa shape index (κ1) is 18.5. The molecule has 2 aromatic carbocycles. The maximum absolute atomic E-state index is 12.2. The summed E-state index contributed by atoms with van der Waals surface area (Å²) >= 11 is 1.29. The molecule has 0 saturated heterocycles. The molecule has 138 valence electrons. The minimum absolute atomic E-state index is 0.0458. The summed E-state index contributed by atoms with van der Waals surface area (Å²) in [6.07, 6.45) is 0.551. The highest BCUT2D eigenvalue weighted by Gasteiger charge is 2.14. The molecule has 0 aliphatic rings. The molecule has 27 heavy (non-hydrogen) atoms. The van der Waals surface area contributed by atoms with Gasteiger partial charge in [-0.25, -0.2) is 4.79 Å². The Labute approximate surface area is 159 Å². The van der Waals surface area contributed by atoms with Gasteiger partial charge in [-0.2, -0.15) is 0 Å². The number of amides is 1. The van der Waals surface area contributed by atoms with Crippen molar-refractivity contribution < 1.29 is 19.4 Å². The van der Waals surface area contributed by atoms with Crippen LogP contribution in [0.3, 0.4) is 0 Å². The second-order valence-electron chi connectivity index (χ2n) is 5.71. The van der Waals surface area contributed by atoms with Crippen LogP contribution in [-0.4, -0.2) is 34.3 Å². The zero-order valence-electron chi connectivity index (χ0n) is 14.5. The van der Waals surface area contributed by atoms with Crippen molar-refractivity contribution >= 4 is 28.3 Å². The van der Waals surface area contributed by atoms with E-state index in [0.717, 1.165) is 16.3 Å². The number of aromatic carboxylic acids is 1. The number of anilines is 1. The zero-order valence-corrected chi connectivity index (χ0v) is 15.3. The summed E-state index contributed by atoms with van der Waals surface area (Å²) < 4.78 is 5.13. The lowest BCUT2D eigenvalue weighted by atomic mass is 10.0. The van der Waals surface area contributed by atoms with Gasteiger partial charge in [-0.3, -0.25) is 4.79 Å². The van der Waals surface area contributed by atoms with Crippen molar-refractivity contribution in [2.45, 2.75) is 12.8 Å². The number of aromatic nitrogens is 2. The molecule has 8 heteroatoms. The third kappa shape index (κ3) is 4.89. The molecule has 0 aliphatic carbocycles. The molecule has 0 bridgehead atoms. The van der Waals surface area contributed by atoms with Gasteiger partial charge in [-0.1, -0.05) is 41.7 Å². The number of carbonyl (C=O) groups is 2. The first-order valence-corrected chi connectivity index (χ1v) is 8.93. The Bertz CT molecular complexity index is 954. The predicted octanol–water partition coefficient (Wildman–Crippen LogP) is 3.02. The van der Waals surface area contributed by atoms with E-state index in [0.29, 0.717) is 17.1 Å². The lowest BCUT2D eigenvalue weighted by Gasteiger charge is -2.05. The van der Waals surface area contributed by atoms with Crippen LogP contribution in [0.5, 0.6) is 5.75 Å². The lowest BCUT2D eigenvalue weighted by molar-refractivity contribution is -0.115. The minimum Gasteiger partial charge on any atom is -0.497 e. The molecule has 0 radical (unpaired) electrons. The number of carbonyl (C=O) groups excluding carboxylic acids is 1. The van der Waals surface area contributed by atoms with Crippen LogP contribution in [0.15, 0.2) is 48.5 Å². The Morgan fingerprint density at radius 2 is 1.85 bits per heavy atom. The van der Waals surface area contributed by atoms with Crippen LogP contribution in [0.2, 0.25) is 0 Å². The van der Waals surface area contributed by atoms with E-state index in [1.165, 1.54) is 17.4 Å². The molecule has 0 aliphatic heterocycles. The van der Waals surface area contributed by atoms with E-state index < -0.39 is 5.97 Å². The second kappa shape index (κ2) is 8.41. The maximum atomic E-state index is 12.2. The predicted molar refractivity (Wildman–Crippen MR) is 101 cm³/mol. The number of nitrogens with one attached hydrogen (secondary N) is 1. The fraction of sp³-hybridized carbons (Fsp3) is 0.158. The highest BCUT2D eigenvalue weighted by atomic mass is 32.1. The van der Waals surface area contributed by atoms with E-state index in [9.17, 15) is 14.7 Å². The van der Waals surface area contributed by atoms with Gasteiger partial charge >= 0.3 is 5.97 Å². The molecular formula is C19H17N3O4S. The lowest BCUT2D eigenvalue weighted by Crippen LogP contribution is -2.16. The number of rotatable bonds is 7. The van der Waals surface area contributed by atoms with Crippen LogP contribution in [0, 0.1) is 0 Å². The van der Waals surface area contributed by atoms with Crippen LogP contribution in [0.4, 0.5) is 5.13 Å². The summed E-state index contributed by atoms with van der Waals surface area (Å²) in [4.78, 5) is 23.4. The third-order valence-electron chi connectivity index (χ3n) is 3.83. The SMILES string of the molecule is COc1ccc(Cc2nnc(NC(=O)Cc3ccccc3C(=O)O)s2)cc1. The average molecular weight is 383 g/mol. The van der Waals surface area contributed by atoms with Crippen molar-refractivity contribution in [1.29, 1.82) is 0 Å². The largest absolute Gasteiger partial charge is 0.497 e. The first-order valence-electron chi connectivity index (χ1n) is 8.11. The highest BCUT2D eigenvalue weighted by molar-refractivity contribution is 7.15. The topological polar surface area (TPSA) is 101 Å². The quantitative estimate of drug-likeness (QED) is 0.650. The molecule has 0 unspecified atom stereocenters. The number of carboxylic acid groups (broad SMARTS) is 1. The third-order valence-corrected chi connectivity index (χ3v) is 4.67. The van der Waals surface area contributed by atoms with Crippen molar-refractivity contribution in [2.24, 2.45) is 0 Å². The molecule has 0 saturated carbocycles. The van der Waals surface area contributed by atoms with Gasteiger partial charge < -0.3 is 15.2 Å². The number of hydrogen-bond donors (Lipinski definition) is 2. The normalized spacial score (nSPS) is 10.4. The number of ether oxygens (including phenoxy) is 1. The molecule has 3 aromatic rings. The molecule has 0 fully saturated rings. The van der Waals surface area contributed by atoms with Gasteiger partial charge in [0, 0.05) is 6.42 Å². The van der Waals surface area contributed by atoms with Crippen LogP contribution in [0.1, 0.15) is 26.5 Å². The maximum Gasteiger partial charge on any atom is 0.335 e. The fourth-order valence-electron chi connectivity index (χ4n) is 2.51. The fourth-order valence-corrected chi connectivity index (χ4v) is 3.30. The van der Waals surface area contributed by atoms with E-state index in [2.05, 4.69) is 15.5 Å². The van der Waals surface area contributed by atoms with Crippen molar-refractivity contribution in [3.8, 4) is 5.75 Å². The van der Waals surface area contributed by atoms with E-state index in [1.807, 2.05) is 24.3 Å². The molecule has 7 nitrogen and oxygen atoms in total. The Balaban J connectivity index is 1.61. The zero-order chi connectivity index (χ0) is 19.2. The molecule has 2 N–H and O–H groups in total. The van der Waals surface area contributed by atoms with Crippen LogP contribution >= 0.6 is 11.3 Å². The van der Waals surface area contributed by atoms with E-state index in [-0.39, 0.29) is 17.9 Å². The monoisotopic (exact) mass is 383 g/mol. The summed E-state index contributed by atoms with van der Waals surface area (Å²) in [5.41, 5.74) is 1.62. The number of nitrogens with zero attached hydrogens (tertiary/aromatic N) is 2. The van der Waals surface area contributed by atoms with Gasteiger partial charge in [0.1, 0.15) is 10.8 Å². The average Bonchev–Trinajstić information content (AvgIpc) is 3.09. The number of carboxylic acids is 1. The van der Waals surface area contributed by atoms with Crippen molar-refractivity contribution in [3.63, 3.8) is 0 Å². The highest BCUT2D eigenvalue weighted by Crippen LogP contribution is 2.20. The van der Waals surface area contributed by atoms with E-state index in [1.54, 1.807) is 25.3 Å². The van der Waals surface area contributed by atoms with Crippen LogP contribution in [0.25, 0.3) is 0 Å². The van der Waals surface area contributed by atoms with Gasteiger partial charge in [0.2, 0.25) is 11.0 Å². The van der Waals surface area contributed by atoms with Crippen molar-refractivity contribution in [1.82, 2.24) is 10.2 Å². The minimum atomic E-state index is -1.06. The number of benzene rings is 2. The Morgan fingerprint density at radius 1 is 1.11 bits per heavy atom. The Kier molecular flexibility index (Phi) is 5.77. The smallest absolute Gasteiger partial charge is 0.335 e.